The van der Waals surface area contributed by atoms with Gasteiger partial charge in [0, 0.05) is 6.42 Å². The van der Waals surface area contributed by atoms with E-state index in [1.165, 1.54) is 6.08 Å². The van der Waals surface area contributed by atoms with E-state index in [0.29, 0.717) is 18.4 Å². The molecule has 0 atom stereocenters. The molecule has 0 aliphatic carbocycles. The highest BCUT2D eigenvalue weighted by Gasteiger charge is 2.05. The molecule has 1 heterocycles. The third-order valence-electron chi connectivity index (χ3n) is 2.34. The Hall–Kier alpha value is -2.31. The fourth-order valence-corrected chi connectivity index (χ4v) is 1.28. The number of carbonyl (C=O) groups excluding carboxylic acids is 1. The average Bonchev–Trinajstić information content (AvgIpc) is 2.85. The zero-order valence-electron chi connectivity index (χ0n) is 11.1. The van der Waals surface area contributed by atoms with Gasteiger partial charge in [0.1, 0.15) is 6.61 Å². The lowest BCUT2D eigenvalue weighted by atomic mass is 10.2. The molecule has 1 rings (SSSR count). The lowest BCUT2D eigenvalue weighted by molar-refractivity contribution is 0.0608. The monoisotopic (exact) mass is 283 g/mol. The van der Waals surface area contributed by atoms with Gasteiger partial charge in [-0.05, 0) is 30.0 Å². The summed E-state index contributed by atoms with van der Waals surface area (Å²) in [6.45, 7) is 7.43. The summed E-state index contributed by atoms with van der Waals surface area (Å²) in [4.78, 5) is 21.7. The summed E-state index contributed by atoms with van der Waals surface area (Å²) in [6, 6.07) is 0. The molecule has 0 fully saturated rings. The summed E-state index contributed by atoms with van der Waals surface area (Å²) >= 11 is 0. The van der Waals surface area contributed by atoms with Crippen LogP contribution in [-0.2, 0) is 15.9 Å². The summed E-state index contributed by atoms with van der Waals surface area (Å²) in [5.41, 5.74) is 0.607. The molecule has 1 aromatic rings. The van der Waals surface area contributed by atoms with Crippen LogP contribution in [0.3, 0.4) is 0 Å². The fourth-order valence-electron chi connectivity index (χ4n) is 1.28. The lowest BCUT2D eigenvalue weighted by Crippen LogP contribution is -2.10. The first kappa shape index (κ1) is 15.7. The van der Waals surface area contributed by atoms with E-state index in [1.54, 1.807) is 0 Å². The molecule has 110 valence electrons. The van der Waals surface area contributed by atoms with Gasteiger partial charge in [-0.3, -0.25) is 4.52 Å². The fraction of sp³-hybridized carbons (Fsp3) is 0.462. The van der Waals surface area contributed by atoms with Crippen molar-refractivity contribution in [1.82, 2.24) is 5.16 Å². The molecular weight excluding hydrogens is 266 g/mol. The van der Waals surface area contributed by atoms with Crippen LogP contribution in [0.4, 0.5) is 4.79 Å². The molecule has 7 nitrogen and oxygen atoms in total. The topological polar surface area (TPSA) is 91.8 Å². The highest BCUT2D eigenvalue weighted by atomic mass is 16.7. The SMILES string of the molecule is C=CC(=C)COC(=O)OCCCCCc1noc(=O)o1. The van der Waals surface area contributed by atoms with Crippen LogP contribution in [0.25, 0.3) is 0 Å². The maximum absolute atomic E-state index is 11.1. The molecule has 0 bridgehead atoms. The summed E-state index contributed by atoms with van der Waals surface area (Å²) < 4.78 is 18.5. The molecular formula is C13H17NO6. The number of hydrogen-bond acceptors (Lipinski definition) is 7. The summed E-state index contributed by atoms with van der Waals surface area (Å²) in [5, 5.41) is 3.43. The van der Waals surface area contributed by atoms with Gasteiger partial charge in [0.25, 0.3) is 0 Å². The van der Waals surface area contributed by atoms with Gasteiger partial charge in [0.05, 0.1) is 6.61 Å². The Morgan fingerprint density at radius 3 is 2.75 bits per heavy atom. The van der Waals surface area contributed by atoms with Crippen molar-refractivity contribution in [3.8, 4) is 0 Å². The third-order valence-corrected chi connectivity index (χ3v) is 2.34. The van der Waals surface area contributed by atoms with Gasteiger partial charge in [-0.2, -0.15) is 0 Å². The average molecular weight is 283 g/mol. The molecule has 0 aliphatic rings. The second-order valence-corrected chi connectivity index (χ2v) is 3.99. The first-order chi connectivity index (χ1) is 9.61. The molecule has 0 amide bonds. The van der Waals surface area contributed by atoms with Gasteiger partial charge < -0.3 is 13.9 Å². The smallest absolute Gasteiger partial charge is 0.434 e. The van der Waals surface area contributed by atoms with Crippen molar-refractivity contribution < 1.29 is 23.2 Å². The van der Waals surface area contributed by atoms with E-state index in [9.17, 15) is 9.59 Å². The summed E-state index contributed by atoms with van der Waals surface area (Å²) in [5.74, 6) is -0.523. The van der Waals surface area contributed by atoms with Gasteiger partial charge in [-0.15, -0.1) is 0 Å². The predicted octanol–water partition coefficient (Wildman–Crippen LogP) is 2.24. The third kappa shape index (κ3) is 6.58. The van der Waals surface area contributed by atoms with Crippen LogP contribution in [-0.4, -0.2) is 24.5 Å². The lowest BCUT2D eigenvalue weighted by Gasteiger charge is -2.05. The van der Waals surface area contributed by atoms with Gasteiger partial charge >= 0.3 is 12.0 Å². The summed E-state index contributed by atoms with van der Waals surface area (Å²) in [7, 11) is 0. The number of rotatable bonds is 9. The molecule has 0 N–H and O–H groups in total. The Morgan fingerprint density at radius 2 is 2.10 bits per heavy atom. The minimum atomic E-state index is -0.799. The second kappa shape index (κ2) is 8.73. The number of ether oxygens (including phenoxy) is 2. The van der Waals surface area contributed by atoms with Crippen molar-refractivity contribution in [3.63, 3.8) is 0 Å². The molecule has 7 heteroatoms. The Labute approximate surface area is 115 Å². The number of aryl methyl sites for hydroxylation is 1. The van der Waals surface area contributed by atoms with Gasteiger partial charge in [-0.1, -0.05) is 19.2 Å². The largest absolute Gasteiger partial charge is 0.542 e. The van der Waals surface area contributed by atoms with Crippen molar-refractivity contribution in [2.75, 3.05) is 13.2 Å². The first-order valence-corrected chi connectivity index (χ1v) is 6.17. The second-order valence-electron chi connectivity index (χ2n) is 3.99. The maximum Gasteiger partial charge on any atom is 0.542 e. The molecule has 1 aromatic heterocycles. The number of carbonyl (C=O) groups is 1. The zero-order chi connectivity index (χ0) is 14.8. The predicted molar refractivity (Wildman–Crippen MR) is 69.2 cm³/mol. The van der Waals surface area contributed by atoms with E-state index in [0.717, 1.165) is 12.8 Å². The highest BCUT2D eigenvalue weighted by molar-refractivity contribution is 5.60. The van der Waals surface area contributed by atoms with E-state index < -0.39 is 12.0 Å². The van der Waals surface area contributed by atoms with Crippen molar-refractivity contribution in [3.05, 3.63) is 41.3 Å². The van der Waals surface area contributed by atoms with Gasteiger partial charge in [0.15, 0.2) is 0 Å². The normalized spacial score (nSPS) is 10.0. The van der Waals surface area contributed by atoms with Crippen LogP contribution < -0.4 is 5.82 Å². The Morgan fingerprint density at radius 1 is 1.30 bits per heavy atom. The van der Waals surface area contributed by atoms with E-state index >= 15 is 0 Å². The molecule has 0 radical (unpaired) electrons. The molecule has 0 aromatic carbocycles. The van der Waals surface area contributed by atoms with Gasteiger partial charge in [0.2, 0.25) is 5.89 Å². The first-order valence-electron chi connectivity index (χ1n) is 6.17. The minimum Gasteiger partial charge on any atom is -0.434 e. The quantitative estimate of drug-likeness (QED) is 0.390. The minimum absolute atomic E-state index is 0.0769. The Balaban J connectivity index is 1.99. The van der Waals surface area contributed by atoms with Crippen LogP contribution in [0.2, 0.25) is 0 Å². The van der Waals surface area contributed by atoms with E-state index in [1.807, 2.05) is 0 Å². The molecule has 0 saturated heterocycles. The highest BCUT2D eigenvalue weighted by Crippen LogP contribution is 2.03. The van der Waals surface area contributed by atoms with Crippen LogP contribution in [0.5, 0.6) is 0 Å². The number of unbranched alkanes of at least 4 members (excludes halogenated alkanes) is 2. The molecule has 0 saturated carbocycles. The number of aromatic nitrogens is 1. The van der Waals surface area contributed by atoms with E-state index in [2.05, 4.69) is 27.3 Å². The van der Waals surface area contributed by atoms with Crippen LogP contribution in [0, 0.1) is 0 Å². The number of nitrogens with zero attached hydrogens (tertiary/aromatic N) is 1. The molecule has 20 heavy (non-hydrogen) atoms. The van der Waals surface area contributed by atoms with Crippen molar-refractivity contribution >= 4 is 6.16 Å². The maximum atomic E-state index is 11.1. The van der Waals surface area contributed by atoms with Crippen LogP contribution in [0.15, 0.2) is 38.5 Å². The van der Waals surface area contributed by atoms with E-state index in [4.69, 9.17) is 9.47 Å². The Kier molecular flexibility index (Phi) is 6.88. The standard InChI is InChI=1S/C13H17NO6/c1-3-10(2)9-18-12(15)17-8-6-4-5-7-11-14-20-13(16)19-11/h3H,1-2,4-9H2. The molecule has 0 spiro atoms. The van der Waals surface area contributed by atoms with E-state index in [-0.39, 0.29) is 19.1 Å². The van der Waals surface area contributed by atoms with Crippen LogP contribution >= 0.6 is 0 Å². The van der Waals surface area contributed by atoms with Crippen LogP contribution in [0.1, 0.15) is 25.2 Å². The molecule has 0 aliphatic heterocycles. The molecule has 0 unspecified atom stereocenters. The van der Waals surface area contributed by atoms with Crippen molar-refractivity contribution in [2.24, 2.45) is 0 Å². The van der Waals surface area contributed by atoms with Crippen molar-refractivity contribution in [1.29, 1.82) is 0 Å². The Bertz CT molecular complexity index is 501. The van der Waals surface area contributed by atoms with Gasteiger partial charge in [-0.25, -0.2) is 9.59 Å². The number of hydrogen-bond donors (Lipinski definition) is 0. The summed E-state index contributed by atoms with van der Waals surface area (Å²) in [6.07, 6.45) is 3.52. The zero-order valence-corrected chi connectivity index (χ0v) is 11.1. The van der Waals surface area contributed by atoms with Crippen molar-refractivity contribution in [2.45, 2.75) is 25.7 Å².